The Morgan fingerprint density at radius 3 is 2.43 bits per heavy atom. The molecule has 1 aromatic rings. The predicted octanol–water partition coefficient (Wildman–Crippen LogP) is 1.38. The monoisotopic (exact) mass is 318 g/mol. The molecule has 0 aliphatic heterocycles. The number of halogens is 1. The molecule has 1 aromatic carbocycles. The Bertz CT molecular complexity index is 518. The van der Waals surface area contributed by atoms with E-state index >= 15 is 0 Å². The Hall–Kier alpha value is -1.02. The third-order valence-electron chi connectivity index (χ3n) is 3.02. The van der Waals surface area contributed by atoms with Gasteiger partial charge in [-0.1, -0.05) is 12.1 Å². The zero-order valence-corrected chi connectivity index (χ0v) is 13.5. The zero-order valence-electron chi connectivity index (χ0n) is 12.7. The van der Waals surface area contributed by atoms with Crippen LogP contribution in [-0.2, 0) is 14.8 Å². The Labute approximate surface area is 126 Å². The van der Waals surface area contributed by atoms with Crippen molar-refractivity contribution in [2.75, 3.05) is 40.1 Å². The van der Waals surface area contributed by atoms with Crippen LogP contribution < -0.4 is 4.72 Å². The number of nitrogens with zero attached hydrogens (tertiary/aromatic N) is 1. The summed E-state index contributed by atoms with van der Waals surface area (Å²) in [5.41, 5.74) is 0.749. The smallest absolute Gasteiger partial charge is 0.214 e. The SMILES string of the molecule is COCCS(=O)(=O)NC(CCN(C)C)c1ccc(F)cc1. The number of rotatable bonds is 9. The van der Waals surface area contributed by atoms with Crippen LogP contribution in [0.15, 0.2) is 24.3 Å². The summed E-state index contributed by atoms with van der Waals surface area (Å²) < 4.78 is 44.5. The highest BCUT2D eigenvalue weighted by Gasteiger charge is 2.19. The summed E-state index contributed by atoms with van der Waals surface area (Å²) >= 11 is 0. The molecule has 120 valence electrons. The summed E-state index contributed by atoms with van der Waals surface area (Å²) in [5.74, 6) is -0.435. The molecule has 0 amide bonds. The third-order valence-corrected chi connectivity index (χ3v) is 4.36. The number of hydrogen-bond acceptors (Lipinski definition) is 4. The van der Waals surface area contributed by atoms with E-state index in [-0.39, 0.29) is 24.2 Å². The maximum absolute atomic E-state index is 13.0. The summed E-state index contributed by atoms with van der Waals surface area (Å²) in [5, 5.41) is 0. The molecule has 0 aromatic heterocycles. The molecule has 1 rings (SSSR count). The van der Waals surface area contributed by atoms with E-state index in [2.05, 4.69) is 4.72 Å². The number of ether oxygens (including phenoxy) is 1. The van der Waals surface area contributed by atoms with E-state index in [1.54, 1.807) is 12.1 Å². The van der Waals surface area contributed by atoms with Gasteiger partial charge in [-0.05, 0) is 44.8 Å². The van der Waals surface area contributed by atoms with E-state index in [0.717, 1.165) is 12.1 Å². The quantitative estimate of drug-likeness (QED) is 0.747. The normalized spacial score (nSPS) is 13.6. The minimum Gasteiger partial charge on any atom is -0.384 e. The molecule has 0 aliphatic carbocycles. The molecule has 21 heavy (non-hydrogen) atoms. The maximum atomic E-state index is 13.0. The number of nitrogens with one attached hydrogen (secondary N) is 1. The van der Waals surface area contributed by atoms with Crippen molar-refractivity contribution in [3.05, 3.63) is 35.6 Å². The number of benzene rings is 1. The van der Waals surface area contributed by atoms with Gasteiger partial charge in [-0.3, -0.25) is 0 Å². The first kappa shape index (κ1) is 18.0. The number of hydrogen-bond donors (Lipinski definition) is 1. The summed E-state index contributed by atoms with van der Waals surface area (Å²) in [6, 6.07) is 5.50. The van der Waals surface area contributed by atoms with Crippen LogP contribution in [0.4, 0.5) is 4.39 Å². The van der Waals surface area contributed by atoms with Crippen LogP contribution in [0.3, 0.4) is 0 Å². The lowest BCUT2D eigenvalue weighted by Crippen LogP contribution is -2.33. The standard InChI is InChI=1S/C14H23FN2O3S/c1-17(2)9-8-14(12-4-6-13(15)7-5-12)16-21(18,19)11-10-20-3/h4-7,14,16H,8-11H2,1-3H3. The second-order valence-electron chi connectivity index (χ2n) is 5.13. The zero-order chi connectivity index (χ0) is 15.9. The number of methoxy groups -OCH3 is 1. The molecule has 1 N–H and O–H groups in total. The molecule has 1 unspecified atom stereocenters. The predicted molar refractivity (Wildman–Crippen MR) is 81.1 cm³/mol. The van der Waals surface area contributed by atoms with Crippen LogP contribution >= 0.6 is 0 Å². The summed E-state index contributed by atoms with van der Waals surface area (Å²) in [6.07, 6.45) is 0.602. The third kappa shape index (κ3) is 6.99. The first-order valence-corrected chi connectivity index (χ1v) is 8.38. The average Bonchev–Trinajstić information content (AvgIpc) is 2.42. The van der Waals surface area contributed by atoms with Gasteiger partial charge in [0.05, 0.1) is 12.4 Å². The van der Waals surface area contributed by atoms with Crippen molar-refractivity contribution in [3.8, 4) is 0 Å². The second kappa shape index (κ2) is 8.43. The minimum absolute atomic E-state index is 0.0941. The maximum Gasteiger partial charge on any atom is 0.214 e. The summed E-state index contributed by atoms with van der Waals surface area (Å²) in [7, 11) is 1.86. The Morgan fingerprint density at radius 2 is 1.90 bits per heavy atom. The second-order valence-corrected chi connectivity index (χ2v) is 7.00. The summed E-state index contributed by atoms with van der Waals surface area (Å²) in [6.45, 7) is 0.855. The molecule has 0 aliphatic rings. The molecular weight excluding hydrogens is 295 g/mol. The highest BCUT2D eigenvalue weighted by molar-refractivity contribution is 7.89. The average molecular weight is 318 g/mol. The topological polar surface area (TPSA) is 58.6 Å². The first-order valence-electron chi connectivity index (χ1n) is 6.73. The highest BCUT2D eigenvalue weighted by Crippen LogP contribution is 2.18. The lowest BCUT2D eigenvalue weighted by Gasteiger charge is -2.21. The van der Waals surface area contributed by atoms with Crippen LogP contribution in [0.2, 0.25) is 0 Å². The molecule has 5 nitrogen and oxygen atoms in total. The molecule has 0 saturated carbocycles. The lowest BCUT2D eigenvalue weighted by molar-refractivity contribution is 0.216. The van der Waals surface area contributed by atoms with E-state index in [9.17, 15) is 12.8 Å². The van der Waals surface area contributed by atoms with Gasteiger partial charge in [0.25, 0.3) is 0 Å². The minimum atomic E-state index is -3.44. The highest BCUT2D eigenvalue weighted by atomic mass is 32.2. The molecular formula is C14H23FN2O3S. The van der Waals surface area contributed by atoms with Crippen molar-refractivity contribution in [2.24, 2.45) is 0 Å². The van der Waals surface area contributed by atoms with Gasteiger partial charge in [0.2, 0.25) is 10.0 Å². The largest absolute Gasteiger partial charge is 0.384 e. The molecule has 1 atom stereocenters. The fraction of sp³-hybridized carbons (Fsp3) is 0.571. The van der Waals surface area contributed by atoms with E-state index in [4.69, 9.17) is 4.74 Å². The van der Waals surface area contributed by atoms with Crippen LogP contribution in [0.5, 0.6) is 0 Å². The first-order chi connectivity index (χ1) is 9.84. The van der Waals surface area contributed by atoms with Crippen molar-refractivity contribution in [3.63, 3.8) is 0 Å². The van der Waals surface area contributed by atoms with Gasteiger partial charge in [-0.15, -0.1) is 0 Å². The summed E-state index contributed by atoms with van der Waals surface area (Å²) in [4.78, 5) is 1.97. The van der Waals surface area contributed by atoms with Crippen LogP contribution in [0.1, 0.15) is 18.0 Å². The van der Waals surface area contributed by atoms with Crippen LogP contribution in [-0.4, -0.2) is 53.4 Å². The molecule has 0 saturated heterocycles. The van der Waals surface area contributed by atoms with E-state index in [1.165, 1.54) is 19.2 Å². The Kier molecular flexibility index (Phi) is 7.24. The van der Waals surface area contributed by atoms with Gasteiger partial charge in [0, 0.05) is 13.2 Å². The molecule has 0 fully saturated rings. The van der Waals surface area contributed by atoms with Crippen molar-refractivity contribution >= 4 is 10.0 Å². The molecule has 7 heteroatoms. The molecule has 0 spiro atoms. The number of sulfonamides is 1. The van der Waals surface area contributed by atoms with Crippen molar-refractivity contribution in [1.82, 2.24) is 9.62 Å². The Balaban J connectivity index is 2.84. The van der Waals surface area contributed by atoms with E-state index < -0.39 is 10.0 Å². The van der Waals surface area contributed by atoms with Crippen LogP contribution in [0.25, 0.3) is 0 Å². The molecule has 0 heterocycles. The van der Waals surface area contributed by atoms with Gasteiger partial charge < -0.3 is 9.64 Å². The van der Waals surface area contributed by atoms with Crippen molar-refractivity contribution in [2.45, 2.75) is 12.5 Å². The fourth-order valence-electron chi connectivity index (χ4n) is 1.84. The van der Waals surface area contributed by atoms with Crippen molar-refractivity contribution in [1.29, 1.82) is 0 Å². The van der Waals surface area contributed by atoms with Gasteiger partial charge in [-0.2, -0.15) is 0 Å². The van der Waals surface area contributed by atoms with Gasteiger partial charge in [0.15, 0.2) is 0 Å². The lowest BCUT2D eigenvalue weighted by atomic mass is 10.0. The molecule has 0 radical (unpaired) electrons. The van der Waals surface area contributed by atoms with Gasteiger partial charge in [-0.25, -0.2) is 17.5 Å². The van der Waals surface area contributed by atoms with E-state index in [1.807, 2.05) is 19.0 Å². The van der Waals surface area contributed by atoms with Gasteiger partial charge >= 0.3 is 0 Å². The molecule has 0 bridgehead atoms. The van der Waals surface area contributed by atoms with Crippen molar-refractivity contribution < 1.29 is 17.5 Å². The fourth-order valence-corrected chi connectivity index (χ4v) is 3.04. The van der Waals surface area contributed by atoms with Gasteiger partial charge in [0.1, 0.15) is 5.82 Å². The van der Waals surface area contributed by atoms with Crippen LogP contribution in [0, 0.1) is 5.82 Å². The van der Waals surface area contributed by atoms with E-state index in [0.29, 0.717) is 6.42 Å². The Morgan fingerprint density at radius 1 is 1.29 bits per heavy atom.